The fourth-order valence-corrected chi connectivity index (χ4v) is 3.87. The Labute approximate surface area is 167 Å². The molecule has 1 saturated carbocycles. The normalized spacial score (nSPS) is 17.7. The van der Waals surface area contributed by atoms with Crippen molar-refractivity contribution in [3.63, 3.8) is 0 Å². The van der Waals surface area contributed by atoms with Gasteiger partial charge in [-0.1, -0.05) is 0 Å². The van der Waals surface area contributed by atoms with Crippen molar-refractivity contribution in [1.82, 2.24) is 25.1 Å². The number of aryl methyl sites for hydroxylation is 1. The highest BCUT2D eigenvalue weighted by Crippen LogP contribution is 2.38. The summed E-state index contributed by atoms with van der Waals surface area (Å²) in [6, 6.07) is 4.02. The summed E-state index contributed by atoms with van der Waals surface area (Å²) in [4.78, 5) is 15.3. The Hall–Kier alpha value is -2.78. The van der Waals surface area contributed by atoms with E-state index in [2.05, 4.69) is 20.4 Å². The van der Waals surface area contributed by atoms with Gasteiger partial charge in [0.15, 0.2) is 11.6 Å². The minimum atomic E-state index is -0.159. The summed E-state index contributed by atoms with van der Waals surface area (Å²) in [6.07, 6.45) is 2.17. The van der Waals surface area contributed by atoms with Gasteiger partial charge >= 0.3 is 0 Å². The Morgan fingerprint density at radius 3 is 2.76 bits per heavy atom. The fraction of sp³-hybridized carbons (Fsp3) is 0.500. The van der Waals surface area contributed by atoms with E-state index in [4.69, 9.17) is 13.9 Å². The molecule has 1 aliphatic carbocycles. The zero-order chi connectivity index (χ0) is 20.0. The number of aromatic nitrogens is 4. The number of morpholine rings is 1. The van der Waals surface area contributed by atoms with Crippen molar-refractivity contribution in [2.75, 3.05) is 33.4 Å². The summed E-state index contributed by atoms with van der Waals surface area (Å²) in [5.74, 6) is 1.51. The van der Waals surface area contributed by atoms with Gasteiger partial charge in [-0.2, -0.15) is 0 Å². The average molecular weight is 397 g/mol. The molecule has 0 bridgehead atoms. The number of rotatable bonds is 5. The van der Waals surface area contributed by atoms with Gasteiger partial charge in [-0.15, -0.1) is 5.10 Å². The Balaban J connectivity index is 1.63. The first-order chi connectivity index (χ1) is 14.2. The SMILES string of the molecule is COc1c(CN2CCOCC2)oc2c(C)c(-c3nnnn3C3CC3)ccc2c1=O. The number of fused-ring (bicyclic) bond motifs is 1. The minimum Gasteiger partial charge on any atom is -0.490 e. The van der Waals surface area contributed by atoms with Gasteiger partial charge in [0.05, 0.1) is 38.3 Å². The summed E-state index contributed by atoms with van der Waals surface area (Å²) in [6.45, 7) is 5.37. The molecule has 3 heterocycles. The second-order valence-electron chi connectivity index (χ2n) is 7.57. The molecule has 9 heteroatoms. The van der Waals surface area contributed by atoms with Gasteiger partial charge in [0.1, 0.15) is 5.58 Å². The van der Waals surface area contributed by atoms with Crippen LogP contribution in [-0.2, 0) is 11.3 Å². The summed E-state index contributed by atoms with van der Waals surface area (Å²) >= 11 is 0. The monoisotopic (exact) mass is 397 g/mol. The maximum atomic E-state index is 13.1. The first-order valence-electron chi connectivity index (χ1n) is 9.89. The van der Waals surface area contributed by atoms with Crippen LogP contribution < -0.4 is 10.2 Å². The number of hydrogen-bond acceptors (Lipinski definition) is 8. The summed E-state index contributed by atoms with van der Waals surface area (Å²) in [5, 5.41) is 12.7. The second-order valence-corrected chi connectivity index (χ2v) is 7.57. The maximum absolute atomic E-state index is 13.1. The quantitative estimate of drug-likeness (QED) is 0.644. The lowest BCUT2D eigenvalue weighted by Crippen LogP contribution is -2.36. The maximum Gasteiger partial charge on any atom is 0.234 e. The smallest absolute Gasteiger partial charge is 0.234 e. The van der Waals surface area contributed by atoms with Crippen LogP contribution >= 0.6 is 0 Å². The summed E-state index contributed by atoms with van der Waals surface area (Å²) in [5.41, 5.74) is 2.12. The van der Waals surface area contributed by atoms with Crippen LogP contribution in [0.4, 0.5) is 0 Å². The molecule has 29 heavy (non-hydrogen) atoms. The molecule has 1 aromatic carbocycles. The molecule has 0 amide bonds. The van der Waals surface area contributed by atoms with Crippen molar-refractivity contribution in [3.8, 4) is 17.1 Å². The molecule has 9 nitrogen and oxygen atoms in total. The molecule has 2 aromatic heterocycles. The first-order valence-corrected chi connectivity index (χ1v) is 9.89. The number of benzene rings is 1. The van der Waals surface area contributed by atoms with E-state index in [1.165, 1.54) is 7.11 Å². The second kappa shape index (κ2) is 7.23. The van der Waals surface area contributed by atoms with Crippen LogP contribution in [0.15, 0.2) is 21.3 Å². The molecule has 152 valence electrons. The Bertz CT molecular complexity index is 1110. The van der Waals surface area contributed by atoms with Crippen molar-refractivity contribution in [2.24, 2.45) is 0 Å². The van der Waals surface area contributed by atoms with E-state index in [9.17, 15) is 4.79 Å². The van der Waals surface area contributed by atoms with Crippen molar-refractivity contribution >= 4 is 11.0 Å². The molecule has 1 aliphatic heterocycles. The number of nitrogens with zero attached hydrogens (tertiary/aromatic N) is 5. The van der Waals surface area contributed by atoms with E-state index < -0.39 is 0 Å². The molecule has 0 atom stereocenters. The molecule has 0 N–H and O–H groups in total. The average Bonchev–Trinajstić information content (AvgIpc) is 3.47. The van der Waals surface area contributed by atoms with Gasteiger partial charge in [0.2, 0.25) is 11.2 Å². The summed E-state index contributed by atoms with van der Waals surface area (Å²) in [7, 11) is 1.51. The highest BCUT2D eigenvalue weighted by molar-refractivity contribution is 5.86. The number of methoxy groups -OCH3 is 1. The number of ether oxygens (including phenoxy) is 2. The van der Waals surface area contributed by atoms with Crippen molar-refractivity contribution < 1.29 is 13.9 Å². The molecule has 2 fully saturated rings. The Morgan fingerprint density at radius 2 is 2.03 bits per heavy atom. The highest BCUT2D eigenvalue weighted by atomic mass is 16.5. The fourth-order valence-electron chi connectivity index (χ4n) is 3.87. The van der Waals surface area contributed by atoms with Gasteiger partial charge in [-0.3, -0.25) is 9.69 Å². The lowest BCUT2D eigenvalue weighted by atomic mass is 10.0. The van der Waals surface area contributed by atoms with Gasteiger partial charge in [-0.25, -0.2) is 4.68 Å². The number of tetrazole rings is 1. The van der Waals surface area contributed by atoms with E-state index in [0.717, 1.165) is 37.1 Å². The molecule has 3 aromatic rings. The largest absolute Gasteiger partial charge is 0.490 e. The van der Waals surface area contributed by atoms with E-state index in [0.29, 0.717) is 48.4 Å². The van der Waals surface area contributed by atoms with E-state index in [-0.39, 0.29) is 11.2 Å². The molecular formula is C20H23N5O4. The van der Waals surface area contributed by atoms with Crippen LogP contribution in [0.5, 0.6) is 5.75 Å². The minimum absolute atomic E-state index is 0.159. The van der Waals surface area contributed by atoms with Gasteiger partial charge in [0.25, 0.3) is 0 Å². The predicted molar refractivity (Wildman–Crippen MR) is 105 cm³/mol. The van der Waals surface area contributed by atoms with E-state index in [1.807, 2.05) is 17.7 Å². The van der Waals surface area contributed by atoms with E-state index in [1.54, 1.807) is 6.07 Å². The van der Waals surface area contributed by atoms with Crippen LogP contribution in [0.1, 0.15) is 30.2 Å². The third-order valence-corrected chi connectivity index (χ3v) is 5.64. The van der Waals surface area contributed by atoms with Crippen molar-refractivity contribution in [3.05, 3.63) is 33.7 Å². The molecule has 0 spiro atoms. The van der Waals surface area contributed by atoms with Crippen LogP contribution in [0.3, 0.4) is 0 Å². The zero-order valence-corrected chi connectivity index (χ0v) is 16.6. The molecule has 0 unspecified atom stereocenters. The van der Waals surface area contributed by atoms with Gasteiger partial charge in [-0.05, 0) is 42.3 Å². The van der Waals surface area contributed by atoms with Crippen molar-refractivity contribution in [2.45, 2.75) is 32.4 Å². The van der Waals surface area contributed by atoms with Crippen LogP contribution in [0.2, 0.25) is 0 Å². The summed E-state index contributed by atoms with van der Waals surface area (Å²) < 4.78 is 19.0. The lowest BCUT2D eigenvalue weighted by molar-refractivity contribution is 0.0309. The highest BCUT2D eigenvalue weighted by Gasteiger charge is 2.29. The Kier molecular flexibility index (Phi) is 4.56. The molecule has 5 rings (SSSR count). The van der Waals surface area contributed by atoms with Crippen molar-refractivity contribution in [1.29, 1.82) is 0 Å². The van der Waals surface area contributed by atoms with Gasteiger partial charge in [0, 0.05) is 24.2 Å². The zero-order valence-electron chi connectivity index (χ0n) is 16.6. The van der Waals surface area contributed by atoms with E-state index >= 15 is 0 Å². The number of hydrogen-bond donors (Lipinski definition) is 0. The molecule has 1 saturated heterocycles. The third kappa shape index (κ3) is 3.20. The van der Waals surface area contributed by atoms with Crippen LogP contribution in [-0.4, -0.2) is 58.5 Å². The predicted octanol–water partition coefficient (Wildman–Crippen LogP) is 1.93. The Morgan fingerprint density at radius 1 is 1.24 bits per heavy atom. The first kappa shape index (κ1) is 18.3. The topological polar surface area (TPSA) is 95.5 Å². The lowest BCUT2D eigenvalue weighted by Gasteiger charge is -2.26. The van der Waals surface area contributed by atoms with Gasteiger partial charge < -0.3 is 13.9 Å². The van der Waals surface area contributed by atoms with Crippen LogP contribution in [0.25, 0.3) is 22.4 Å². The molecular weight excluding hydrogens is 374 g/mol. The molecule has 2 aliphatic rings. The van der Waals surface area contributed by atoms with Crippen LogP contribution in [0, 0.1) is 6.92 Å². The third-order valence-electron chi connectivity index (χ3n) is 5.64. The standard InChI is InChI=1S/C20H23N5O4/c1-12-14(20-21-22-23-25(20)13-3-4-13)5-6-15-17(26)19(27-2)16(29-18(12)15)11-24-7-9-28-10-8-24/h5-6,13H,3-4,7-11H2,1-2H3. The molecule has 0 radical (unpaired) electrons.